The van der Waals surface area contributed by atoms with Gasteiger partial charge in [-0.1, -0.05) is 18.2 Å². The number of nitrogens with zero attached hydrogens (tertiary/aromatic N) is 2. The van der Waals surface area contributed by atoms with Crippen LogP contribution in [0.5, 0.6) is 0 Å². The summed E-state index contributed by atoms with van der Waals surface area (Å²) < 4.78 is 0. The summed E-state index contributed by atoms with van der Waals surface area (Å²) >= 11 is 0. The summed E-state index contributed by atoms with van der Waals surface area (Å²) in [5, 5.41) is 10.0. The molecule has 132 valence electrons. The maximum Gasteiger partial charge on any atom is 0.262 e. The van der Waals surface area contributed by atoms with E-state index in [1.54, 1.807) is 7.05 Å². The molecule has 0 radical (unpaired) electrons. The fourth-order valence-corrected chi connectivity index (χ4v) is 5.39. The predicted octanol–water partition coefficient (Wildman–Crippen LogP) is 2.02. The molecular formula is C20H25N3O2. The molecule has 5 heteroatoms. The Morgan fingerprint density at radius 3 is 2.56 bits per heavy atom. The van der Waals surface area contributed by atoms with Crippen molar-refractivity contribution in [2.24, 2.45) is 16.1 Å². The Bertz CT molecular complexity index is 790. The van der Waals surface area contributed by atoms with Crippen molar-refractivity contribution < 1.29 is 9.90 Å². The molecule has 5 nitrogen and oxygen atoms in total. The molecule has 2 fully saturated rings. The zero-order valence-corrected chi connectivity index (χ0v) is 14.7. The van der Waals surface area contributed by atoms with Crippen LogP contribution >= 0.6 is 0 Å². The fraction of sp³-hybridized carbons (Fsp3) is 0.600. The molecule has 1 aliphatic heterocycles. The molecule has 1 heterocycles. The average molecular weight is 339 g/mol. The third kappa shape index (κ3) is 1.87. The van der Waals surface area contributed by atoms with Gasteiger partial charge in [0.1, 0.15) is 0 Å². The van der Waals surface area contributed by atoms with Gasteiger partial charge in [0.2, 0.25) is 0 Å². The van der Waals surface area contributed by atoms with Crippen molar-refractivity contribution >= 4 is 11.9 Å². The first kappa shape index (κ1) is 15.4. The highest BCUT2D eigenvalue weighted by Crippen LogP contribution is 2.62. The molecule has 2 saturated carbocycles. The minimum absolute atomic E-state index is 0.00749. The predicted molar refractivity (Wildman–Crippen MR) is 95.1 cm³/mol. The Morgan fingerprint density at radius 1 is 1.24 bits per heavy atom. The number of carbonyl (C=O) groups is 1. The van der Waals surface area contributed by atoms with Gasteiger partial charge >= 0.3 is 0 Å². The molecule has 4 aliphatic rings. The highest BCUT2D eigenvalue weighted by atomic mass is 16.3. The lowest BCUT2D eigenvalue weighted by molar-refractivity contribution is -0.137. The van der Waals surface area contributed by atoms with Gasteiger partial charge < -0.3 is 10.8 Å². The van der Waals surface area contributed by atoms with Crippen LogP contribution < -0.4 is 5.73 Å². The molecule has 1 aromatic carbocycles. The molecule has 0 bridgehead atoms. The molecule has 3 aliphatic carbocycles. The number of guanidine groups is 1. The number of aliphatic hydroxyl groups is 1. The van der Waals surface area contributed by atoms with Crippen molar-refractivity contribution in [3.8, 4) is 0 Å². The highest BCUT2D eigenvalue weighted by Gasteiger charge is 2.66. The van der Waals surface area contributed by atoms with Crippen LogP contribution in [0.4, 0.5) is 0 Å². The van der Waals surface area contributed by atoms with E-state index in [4.69, 9.17) is 10.7 Å². The quantitative estimate of drug-likeness (QED) is 0.821. The summed E-state index contributed by atoms with van der Waals surface area (Å²) in [6.07, 6.45) is 6.18. The number of benzene rings is 1. The number of hydrogen-bond acceptors (Lipinski definition) is 4. The molecule has 3 N–H and O–H groups in total. The van der Waals surface area contributed by atoms with Crippen LogP contribution in [0.25, 0.3) is 0 Å². The lowest BCUT2D eigenvalue weighted by Gasteiger charge is -2.44. The molecule has 2 spiro atoms. The van der Waals surface area contributed by atoms with Gasteiger partial charge in [-0.05, 0) is 67.6 Å². The largest absolute Gasteiger partial charge is 0.393 e. The number of likely N-dealkylation sites (N-methyl/N-ethyl adjacent to an activating group) is 1. The number of nitrogens with two attached hydrogens (primary N) is 1. The van der Waals surface area contributed by atoms with Gasteiger partial charge in [-0.25, -0.2) is 4.99 Å². The maximum atomic E-state index is 13.4. The van der Waals surface area contributed by atoms with E-state index in [-0.39, 0.29) is 17.4 Å². The van der Waals surface area contributed by atoms with Crippen molar-refractivity contribution in [1.29, 1.82) is 0 Å². The number of rotatable bonds is 1. The summed E-state index contributed by atoms with van der Waals surface area (Å²) in [6, 6.07) is 6.68. The SMILES string of the molecule is CN1C(=O)C2(N=C1N)c1cc(C3CC3)ccc1CC21CCC(O)CC1. The summed E-state index contributed by atoms with van der Waals surface area (Å²) in [7, 11) is 1.73. The van der Waals surface area contributed by atoms with Gasteiger partial charge in [-0.2, -0.15) is 0 Å². The molecule has 0 saturated heterocycles. The Morgan fingerprint density at radius 2 is 1.96 bits per heavy atom. The Kier molecular flexibility index (Phi) is 2.98. The number of carbonyl (C=O) groups excluding carboxylic acids is 1. The average Bonchev–Trinajstić information content (AvgIpc) is 3.38. The number of fused-ring (bicyclic) bond motifs is 3. The van der Waals surface area contributed by atoms with E-state index >= 15 is 0 Å². The van der Waals surface area contributed by atoms with Crippen LogP contribution in [-0.4, -0.2) is 35.0 Å². The molecule has 5 rings (SSSR count). The van der Waals surface area contributed by atoms with Crippen molar-refractivity contribution in [2.45, 2.75) is 62.5 Å². The number of aliphatic hydroxyl groups excluding tert-OH is 1. The van der Waals surface area contributed by atoms with Crippen molar-refractivity contribution in [3.63, 3.8) is 0 Å². The molecule has 1 amide bonds. The van der Waals surface area contributed by atoms with E-state index < -0.39 is 5.54 Å². The van der Waals surface area contributed by atoms with Gasteiger partial charge in [0.25, 0.3) is 5.91 Å². The zero-order chi connectivity index (χ0) is 17.4. The molecular weight excluding hydrogens is 314 g/mol. The third-order valence-electron chi connectivity index (χ3n) is 7.02. The first-order valence-electron chi connectivity index (χ1n) is 9.42. The standard InChI is InChI=1S/C20H25N3O2/c1-23-17(25)20(22-18(23)21)16-10-13(12-2-3-12)4-5-14(16)11-19(20)8-6-15(24)7-9-19/h4-5,10,12,15,24H,2-3,6-9,11H2,1H3,(H2,21,22). The Hall–Kier alpha value is -1.88. The highest BCUT2D eigenvalue weighted by molar-refractivity contribution is 6.08. The van der Waals surface area contributed by atoms with Crippen LogP contribution in [-0.2, 0) is 16.8 Å². The van der Waals surface area contributed by atoms with E-state index in [1.807, 2.05) is 0 Å². The van der Waals surface area contributed by atoms with Crippen LogP contribution in [0.2, 0.25) is 0 Å². The third-order valence-corrected chi connectivity index (χ3v) is 7.02. The van der Waals surface area contributed by atoms with E-state index in [9.17, 15) is 9.90 Å². The molecule has 1 aromatic rings. The molecule has 25 heavy (non-hydrogen) atoms. The normalized spacial score (nSPS) is 37.0. The van der Waals surface area contributed by atoms with Crippen LogP contribution in [0.3, 0.4) is 0 Å². The van der Waals surface area contributed by atoms with Crippen LogP contribution in [0, 0.1) is 5.41 Å². The molecule has 1 atom stereocenters. The van der Waals surface area contributed by atoms with Gasteiger partial charge in [0, 0.05) is 12.5 Å². The minimum atomic E-state index is -0.883. The zero-order valence-electron chi connectivity index (χ0n) is 14.7. The number of hydrogen-bond donors (Lipinski definition) is 2. The van der Waals surface area contributed by atoms with Gasteiger partial charge in [0.15, 0.2) is 11.5 Å². The summed E-state index contributed by atoms with van der Waals surface area (Å²) in [5.41, 5.74) is 8.63. The number of amides is 1. The Balaban J connectivity index is 1.71. The minimum Gasteiger partial charge on any atom is -0.393 e. The lowest BCUT2D eigenvalue weighted by Crippen LogP contribution is -2.51. The maximum absolute atomic E-state index is 13.4. The van der Waals surface area contributed by atoms with Gasteiger partial charge in [-0.15, -0.1) is 0 Å². The summed E-state index contributed by atoms with van der Waals surface area (Å²) in [4.78, 5) is 19.8. The summed E-state index contributed by atoms with van der Waals surface area (Å²) in [5.74, 6) is 0.968. The van der Waals surface area contributed by atoms with Crippen LogP contribution in [0.1, 0.15) is 61.1 Å². The second-order valence-electron chi connectivity index (χ2n) is 8.42. The first-order valence-corrected chi connectivity index (χ1v) is 9.42. The first-order chi connectivity index (χ1) is 12.0. The van der Waals surface area contributed by atoms with E-state index in [2.05, 4.69) is 18.2 Å². The summed E-state index contributed by atoms with van der Waals surface area (Å²) in [6.45, 7) is 0. The second kappa shape index (κ2) is 4.85. The number of aliphatic imine (C=N–C) groups is 1. The smallest absolute Gasteiger partial charge is 0.262 e. The van der Waals surface area contributed by atoms with E-state index in [1.165, 1.54) is 28.9 Å². The van der Waals surface area contributed by atoms with E-state index in [0.717, 1.165) is 37.7 Å². The second-order valence-corrected chi connectivity index (χ2v) is 8.42. The molecule has 0 aromatic heterocycles. The fourth-order valence-electron chi connectivity index (χ4n) is 5.39. The lowest BCUT2D eigenvalue weighted by atomic mass is 9.61. The van der Waals surface area contributed by atoms with Crippen molar-refractivity contribution in [1.82, 2.24) is 4.90 Å². The topological polar surface area (TPSA) is 78.9 Å². The van der Waals surface area contributed by atoms with Crippen LogP contribution in [0.15, 0.2) is 23.2 Å². The van der Waals surface area contributed by atoms with Crippen molar-refractivity contribution in [3.05, 3.63) is 34.9 Å². The Labute approximate surface area is 147 Å². The molecule has 1 unspecified atom stereocenters. The monoisotopic (exact) mass is 339 g/mol. The van der Waals surface area contributed by atoms with E-state index in [0.29, 0.717) is 11.9 Å². The van der Waals surface area contributed by atoms with Gasteiger partial charge in [-0.3, -0.25) is 9.69 Å². The van der Waals surface area contributed by atoms with Crippen molar-refractivity contribution in [2.75, 3.05) is 7.05 Å². The van der Waals surface area contributed by atoms with Gasteiger partial charge in [0.05, 0.1) is 6.10 Å².